The van der Waals surface area contributed by atoms with E-state index in [1.807, 2.05) is 47.6 Å². The number of nitrogens with zero attached hydrogens (tertiary/aromatic N) is 4. The second kappa shape index (κ2) is 6.79. The third kappa shape index (κ3) is 3.06. The molecule has 0 aliphatic carbocycles. The van der Waals surface area contributed by atoms with E-state index in [2.05, 4.69) is 15.1 Å². The fraction of sp³-hybridized carbons (Fsp3) is 0.312. The maximum atomic E-state index is 12.7. The zero-order chi connectivity index (χ0) is 15.4. The second-order valence-electron chi connectivity index (χ2n) is 5.06. The topological polar surface area (TPSA) is 49.3 Å². The van der Waals surface area contributed by atoms with E-state index in [9.17, 15) is 4.79 Å². The van der Waals surface area contributed by atoms with E-state index in [1.165, 1.54) is 0 Å². The van der Waals surface area contributed by atoms with Crippen LogP contribution in [0, 0.1) is 0 Å². The number of amides is 1. The summed E-state index contributed by atoms with van der Waals surface area (Å²) in [5, 5.41) is 8.04. The molecule has 0 unspecified atom stereocenters. The third-order valence-corrected chi connectivity index (χ3v) is 4.58. The van der Waals surface area contributed by atoms with E-state index in [1.54, 1.807) is 18.0 Å². The van der Waals surface area contributed by atoms with E-state index in [0.717, 1.165) is 29.4 Å². The van der Waals surface area contributed by atoms with E-state index in [-0.39, 0.29) is 5.91 Å². The number of carbonyl (C=O) groups is 1. The third-order valence-electron chi connectivity index (χ3n) is 3.79. The number of hydrogen-bond acceptors (Lipinski definition) is 5. The first-order valence-electron chi connectivity index (χ1n) is 7.24. The minimum absolute atomic E-state index is 0.115. The average molecular weight is 314 g/mol. The Labute approximate surface area is 134 Å². The lowest BCUT2D eigenvalue weighted by Gasteiger charge is -2.35. The van der Waals surface area contributed by atoms with Gasteiger partial charge in [-0.05, 0) is 30.5 Å². The van der Waals surface area contributed by atoms with Crippen molar-refractivity contribution in [3.63, 3.8) is 0 Å². The summed E-state index contributed by atoms with van der Waals surface area (Å²) in [6.45, 7) is 2.98. The normalized spacial score (nSPS) is 15.0. The van der Waals surface area contributed by atoms with Crippen LogP contribution in [0.2, 0.25) is 0 Å². The molecule has 1 aliphatic heterocycles. The maximum Gasteiger partial charge on any atom is 0.255 e. The quantitative estimate of drug-likeness (QED) is 0.813. The molecule has 1 saturated heterocycles. The van der Waals surface area contributed by atoms with Crippen LogP contribution in [-0.4, -0.2) is 53.4 Å². The molecule has 0 spiro atoms. The van der Waals surface area contributed by atoms with Gasteiger partial charge in [-0.2, -0.15) is 5.10 Å². The van der Waals surface area contributed by atoms with Crippen LogP contribution in [0.3, 0.4) is 0 Å². The fourth-order valence-corrected chi connectivity index (χ4v) is 3.18. The highest BCUT2D eigenvalue weighted by molar-refractivity contribution is 7.98. The first kappa shape index (κ1) is 14.8. The Balaban J connectivity index is 1.67. The Morgan fingerprint density at radius 3 is 2.55 bits per heavy atom. The van der Waals surface area contributed by atoms with Gasteiger partial charge in [-0.3, -0.25) is 4.79 Å². The SMILES string of the molecule is CSc1ccccc1C(=O)N1CCN(c2cccnn2)CC1. The first-order valence-corrected chi connectivity index (χ1v) is 8.47. The Kier molecular flexibility index (Phi) is 4.58. The molecule has 1 aliphatic rings. The van der Waals surface area contributed by atoms with Crippen LogP contribution >= 0.6 is 11.8 Å². The van der Waals surface area contributed by atoms with Gasteiger partial charge in [0, 0.05) is 37.3 Å². The van der Waals surface area contributed by atoms with Gasteiger partial charge < -0.3 is 9.80 Å². The number of rotatable bonds is 3. The molecule has 5 nitrogen and oxygen atoms in total. The highest BCUT2D eigenvalue weighted by Crippen LogP contribution is 2.22. The number of thioether (sulfide) groups is 1. The highest BCUT2D eigenvalue weighted by Gasteiger charge is 2.24. The largest absolute Gasteiger partial charge is 0.352 e. The first-order chi connectivity index (χ1) is 10.8. The van der Waals surface area contributed by atoms with Gasteiger partial charge in [0.1, 0.15) is 0 Å². The number of benzene rings is 1. The molecule has 0 bridgehead atoms. The summed E-state index contributed by atoms with van der Waals surface area (Å²) < 4.78 is 0. The van der Waals surface area contributed by atoms with E-state index < -0.39 is 0 Å². The summed E-state index contributed by atoms with van der Waals surface area (Å²) in [6.07, 6.45) is 3.67. The molecule has 1 amide bonds. The lowest BCUT2D eigenvalue weighted by Crippen LogP contribution is -2.49. The summed E-state index contributed by atoms with van der Waals surface area (Å²) in [5.41, 5.74) is 0.794. The highest BCUT2D eigenvalue weighted by atomic mass is 32.2. The number of carbonyl (C=O) groups excluding carboxylic acids is 1. The van der Waals surface area contributed by atoms with Gasteiger partial charge in [-0.15, -0.1) is 16.9 Å². The molecule has 3 rings (SSSR count). The summed E-state index contributed by atoms with van der Waals surface area (Å²) in [4.78, 5) is 17.8. The summed E-state index contributed by atoms with van der Waals surface area (Å²) in [6, 6.07) is 11.6. The molecule has 0 atom stereocenters. The van der Waals surface area contributed by atoms with Crippen molar-refractivity contribution < 1.29 is 4.79 Å². The molecule has 0 saturated carbocycles. The van der Waals surface area contributed by atoms with Gasteiger partial charge in [-0.25, -0.2) is 0 Å². The van der Waals surface area contributed by atoms with Crippen molar-refractivity contribution in [1.29, 1.82) is 0 Å². The minimum atomic E-state index is 0.115. The van der Waals surface area contributed by atoms with Crippen LogP contribution in [0.1, 0.15) is 10.4 Å². The molecule has 2 heterocycles. The molecule has 2 aromatic rings. The maximum absolute atomic E-state index is 12.7. The molecule has 1 aromatic carbocycles. The molecule has 114 valence electrons. The van der Waals surface area contributed by atoms with Crippen LogP contribution < -0.4 is 4.90 Å². The molecular formula is C16H18N4OS. The Morgan fingerprint density at radius 1 is 1.09 bits per heavy atom. The molecule has 1 aromatic heterocycles. The van der Waals surface area contributed by atoms with Crippen molar-refractivity contribution in [3.8, 4) is 0 Å². The van der Waals surface area contributed by atoms with Gasteiger partial charge in [0.05, 0.1) is 5.56 Å². The van der Waals surface area contributed by atoms with Gasteiger partial charge in [-0.1, -0.05) is 12.1 Å². The minimum Gasteiger partial charge on any atom is -0.352 e. The lowest BCUT2D eigenvalue weighted by molar-refractivity contribution is 0.0743. The van der Waals surface area contributed by atoms with Crippen LogP contribution in [0.5, 0.6) is 0 Å². The summed E-state index contributed by atoms with van der Waals surface area (Å²) in [5.74, 6) is 0.989. The van der Waals surface area contributed by atoms with Gasteiger partial charge >= 0.3 is 0 Å². The van der Waals surface area contributed by atoms with Crippen LogP contribution in [-0.2, 0) is 0 Å². The van der Waals surface area contributed by atoms with Crippen LogP contribution in [0.15, 0.2) is 47.5 Å². The van der Waals surface area contributed by atoms with Crippen molar-refractivity contribution >= 4 is 23.5 Å². The van der Waals surface area contributed by atoms with Gasteiger partial charge in [0.2, 0.25) is 0 Å². The molecule has 22 heavy (non-hydrogen) atoms. The van der Waals surface area contributed by atoms with E-state index in [4.69, 9.17) is 0 Å². The molecule has 0 radical (unpaired) electrons. The Morgan fingerprint density at radius 2 is 1.86 bits per heavy atom. The van der Waals surface area contributed by atoms with Gasteiger partial charge in [0.25, 0.3) is 5.91 Å². The monoisotopic (exact) mass is 314 g/mol. The average Bonchev–Trinajstić information content (AvgIpc) is 2.62. The van der Waals surface area contributed by atoms with Crippen molar-refractivity contribution in [2.24, 2.45) is 0 Å². The number of aromatic nitrogens is 2. The van der Waals surface area contributed by atoms with E-state index in [0.29, 0.717) is 13.1 Å². The zero-order valence-corrected chi connectivity index (χ0v) is 13.3. The zero-order valence-electron chi connectivity index (χ0n) is 12.5. The van der Waals surface area contributed by atoms with E-state index >= 15 is 0 Å². The summed E-state index contributed by atoms with van der Waals surface area (Å²) >= 11 is 1.61. The number of anilines is 1. The van der Waals surface area contributed by atoms with Crippen molar-refractivity contribution in [2.45, 2.75) is 4.90 Å². The molecule has 6 heteroatoms. The summed E-state index contributed by atoms with van der Waals surface area (Å²) in [7, 11) is 0. The molecule has 1 fully saturated rings. The lowest BCUT2D eigenvalue weighted by atomic mass is 10.2. The molecule has 0 N–H and O–H groups in total. The van der Waals surface area contributed by atoms with Crippen LogP contribution in [0.25, 0.3) is 0 Å². The second-order valence-corrected chi connectivity index (χ2v) is 5.91. The number of piperazine rings is 1. The Hall–Kier alpha value is -2.08. The van der Waals surface area contributed by atoms with Crippen molar-refractivity contribution in [3.05, 3.63) is 48.2 Å². The predicted octanol–water partition coefficient (Wildman–Crippen LogP) is 2.16. The number of hydrogen-bond donors (Lipinski definition) is 0. The predicted molar refractivity (Wildman–Crippen MR) is 88.4 cm³/mol. The van der Waals surface area contributed by atoms with Crippen molar-refractivity contribution in [2.75, 3.05) is 37.3 Å². The smallest absolute Gasteiger partial charge is 0.255 e. The Bertz CT molecular complexity index is 642. The standard InChI is InChI=1S/C16H18N4OS/c1-22-14-6-3-2-5-13(14)16(21)20-11-9-19(10-12-20)15-7-4-8-17-18-15/h2-8H,9-12H2,1H3. The fourth-order valence-electron chi connectivity index (χ4n) is 2.59. The van der Waals surface area contributed by atoms with Crippen LogP contribution in [0.4, 0.5) is 5.82 Å². The van der Waals surface area contributed by atoms with Crippen molar-refractivity contribution in [1.82, 2.24) is 15.1 Å². The molecular weight excluding hydrogens is 296 g/mol. The van der Waals surface area contributed by atoms with Gasteiger partial charge in [0.15, 0.2) is 5.82 Å².